The van der Waals surface area contributed by atoms with Crippen LogP contribution in [0.4, 0.5) is 22.0 Å². The number of carboxylic acids is 1. The molecule has 0 aliphatic rings. The van der Waals surface area contributed by atoms with Gasteiger partial charge >= 0.3 is 12.1 Å². The summed E-state index contributed by atoms with van der Waals surface area (Å²) in [6, 6.07) is 7.84. The van der Waals surface area contributed by atoms with E-state index in [1.165, 1.54) is 37.4 Å². The zero-order valence-corrected chi connectivity index (χ0v) is 19.0. The number of carbonyl (C=O) groups excluding carboxylic acids is 1. The van der Waals surface area contributed by atoms with Gasteiger partial charge in [-0.2, -0.15) is 18.3 Å². The molecule has 0 spiro atoms. The Morgan fingerprint density at radius 3 is 2.26 bits per heavy atom. The van der Waals surface area contributed by atoms with Crippen molar-refractivity contribution in [2.45, 2.75) is 38.9 Å². The van der Waals surface area contributed by atoms with Crippen molar-refractivity contribution in [1.82, 2.24) is 15.1 Å². The average molecular weight is 495 g/mol. The SMILES string of the molecule is Cc1cc(C(=O)O)ccc1[C@H](C)NC(=O)c1c(Cc2ccc(C(F)(F)F)cc2)nn(C)c1C(F)F. The Balaban J connectivity index is 1.91. The van der Waals surface area contributed by atoms with Gasteiger partial charge in [0.25, 0.3) is 12.3 Å². The van der Waals surface area contributed by atoms with Crippen LogP contribution >= 0.6 is 0 Å². The van der Waals surface area contributed by atoms with Gasteiger partial charge in [-0.3, -0.25) is 9.48 Å². The first kappa shape index (κ1) is 25.9. The molecule has 186 valence electrons. The van der Waals surface area contributed by atoms with Crippen LogP contribution < -0.4 is 5.32 Å². The number of carboxylic acid groups (broad SMARTS) is 1. The van der Waals surface area contributed by atoms with Crippen molar-refractivity contribution < 1.29 is 36.6 Å². The summed E-state index contributed by atoms with van der Waals surface area (Å²) in [7, 11) is 1.26. The maximum atomic E-state index is 13.8. The molecule has 0 bridgehead atoms. The molecule has 3 aromatic rings. The van der Waals surface area contributed by atoms with E-state index in [1.807, 2.05) is 0 Å². The number of aromatic nitrogens is 2. The van der Waals surface area contributed by atoms with Crippen LogP contribution in [0.3, 0.4) is 0 Å². The number of benzene rings is 2. The number of hydrogen-bond donors (Lipinski definition) is 2. The number of amides is 1. The van der Waals surface area contributed by atoms with E-state index in [2.05, 4.69) is 10.4 Å². The van der Waals surface area contributed by atoms with Crippen molar-refractivity contribution in [3.8, 4) is 0 Å². The minimum Gasteiger partial charge on any atom is -0.478 e. The van der Waals surface area contributed by atoms with Crippen molar-refractivity contribution >= 4 is 11.9 Å². The third-order valence-corrected chi connectivity index (χ3v) is 5.58. The molecule has 0 saturated heterocycles. The Bertz CT molecular complexity index is 1250. The molecule has 11 heteroatoms. The molecule has 35 heavy (non-hydrogen) atoms. The van der Waals surface area contributed by atoms with Gasteiger partial charge < -0.3 is 10.4 Å². The van der Waals surface area contributed by atoms with Crippen molar-refractivity contribution in [2.75, 3.05) is 0 Å². The topological polar surface area (TPSA) is 84.2 Å². The molecular formula is C24H22F5N3O3. The highest BCUT2D eigenvalue weighted by Crippen LogP contribution is 2.31. The van der Waals surface area contributed by atoms with Crippen molar-refractivity contribution in [1.29, 1.82) is 0 Å². The quantitative estimate of drug-likeness (QED) is 0.426. The molecule has 2 aromatic carbocycles. The van der Waals surface area contributed by atoms with Gasteiger partial charge in [0.15, 0.2) is 0 Å². The second kappa shape index (κ2) is 9.85. The fourth-order valence-corrected chi connectivity index (χ4v) is 3.86. The first-order valence-corrected chi connectivity index (χ1v) is 10.4. The molecule has 0 unspecified atom stereocenters. The second-order valence-electron chi connectivity index (χ2n) is 8.07. The summed E-state index contributed by atoms with van der Waals surface area (Å²) < 4.78 is 67.0. The van der Waals surface area contributed by atoms with Crippen LogP contribution in [0, 0.1) is 6.92 Å². The minimum atomic E-state index is -4.52. The maximum Gasteiger partial charge on any atom is 0.416 e. The number of nitrogens with one attached hydrogen (secondary N) is 1. The molecule has 0 saturated carbocycles. The molecule has 1 atom stereocenters. The molecule has 0 aliphatic carbocycles. The minimum absolute atomic E-state index is 0.00907. The zero-order chi connectivity index (χ0) is 26.1. The van der Waals surface area contributed by atoms with Gasteiger partial charge in [0.1, 0.15) is 5.69 Å². The van der Waals surface area contributed by atoms with Gasteiger partial charge in [-0.15, -0.1) is 0 Å². The number of aryl methyl sites for hydroxylation is 2. The monoisotopic (exact) mass is 495 g/mol. The van der Waals surface area contributed by atoms with E-state index in [0.29, 0.717) is 16.7 Å². The number of hydrogen-bond acceptors (Lipinski definition) is 3. The summed E-state index contributed by atoms with van der Waals surface area (Å²) in [5, 5.41) is 15.8. The Morgan fingerprint density at radius 2 is 1.74 bits per heavy atom. The van der Waals surface area contributed by atoms with E-state index >= 15 is 0 Å². The first-order chi connectivity index (χ1) is 16.3. The van der Waals surface area contributed by atoms with Gasteiger partial charge in [-0.25, -0.2) is 13.6 Å². The Labute approximate surface area is 197 Å². The summed E-state index contributed by atoms with van der Waals surface area (Å²) in [6.07, 6.45) is -7.68. The zero-order valence-electron chi connectivity index (χ0n) is 19.0. The highest BCUT2D eigenvalue weighted by atomic mass is 19.4. The van der Waals surface area contributed by atoms with Crippen LogP contribution in [0.2, 0.25) is 0 Å². The second-order valence-corrected chi connectivity index (χ2v) is 8.07. The van der Waals surface area contributed by atoms with Crippen LogP contribution in [0.25, 0.3) is 0 Å². The van der Waals surface area contributed by atoms with Gasteiger partial charge in [0.2, 0.25) is 0 Å². The van der Waals surface area contributed by atoms with Crippen LogP contribution in [-0.2, 0) is 19.6 Å². The molecule has 2 N–H and O–H groups in total. The van der Waals surface area contributed by atoms with Crippen LogP contribution in [0.15, 0.2) is 42.5 Å². The third-order valence-electron chi connectivity index (χ3n) is 5.58. The summed E-state index contributed by atoms with van der Waals surface area (Å²) in [6.45, 7) is 3.28. The van der Waals surface area contributed by atoms with Crippen LogP contribution in [0.1, 0.15) is 73.7 Å². The van der Waals surface area contributed by atoms with E-state index in [4.69, 9.17) is 5.11 Å². The van der Waals surface area contributed by atoms with Crippen molar-refractivity contribution in [3.05, 3.63) is 87.2 Å². The Hall–Kier alpha value is -3.76. The number of alkyl halides is 5. The normalized spacial score (nSPS) is 12.6. The molecule has 3 rings (SSSR count). The number of nitrogens with zero attached hydrogens (tertiary/aromatic N) is 2. The van der Waals surface area contributed by atoms with Crippen LogP contribution in [0.5, 0.6) is 0 Å². The highest BCUT2D eigenvalue weighted by Gasteiger charge is 2.31. The van der Waals surface area contributed by atoms with Gasteiger partial charge in [-0.1, -0.05) is 18.2 Å². The molecule has 0 radical (unpaired) electrons. The van der Waals surface area contributed by atoms with Gasteiger partial charge in [0, 0.05) is 13.5 Å². The molecule has 0 fully saturated rings. The Kier molecular flexibility index (Phi) is 7.27. The fourth-order valence-electron chi connectivity index (χ4n) is 3.86. The molecule has 6 nitrogen and oxygen atoms in total. The number of rotatable bonds is 7. The van der Waals surface area contributed by atoms with E-state index in [9.17, 15) is 31.5 Å². The lowest BCUT2D eigenvalue weighted by molar-refractivity contribution is -0.137. The highest BCUT2D eigenvalue weighted by molar-refractivity contribution is 5.97. The lowest BCUT2D eigenvalue weighted by Crippen LogP contribution is -2.29. The van der Waals surface area contributed by atoms with E-state index < -0.39 is 41.8 Å². The van der Waals surface area contributed by atoms with Crippen molar-refractivity contribution in [3.63, 3.8) is 0 Å². The van der Waals surface area contributed by atoms with Gasteiger partial charge in [-0.05, 0) is 54.8 Å². The molecular weight excluding hydrogens is 473 g/mol. The largest absolute Gasteiger partial charge is 0.478 e. The molecule has 1 amide bonds. The lowest BCUT2D eigenvalue weighted by atomic mass is 9.99. The smallest absolute Gasteiger partial charge is 0.416 e. The summed E-state index contributed by atoms with van der Waals surface area (Å²) in [4.78, 5) is 24.3. The average Bonchev–Trinajstić information content (AvgIpc) is 3.09. The first-order valence-electron chi connectivity index (χ1n) is 10.4. The number of aromatic carboxylic acids is 1. The maximum absolute atomic E-state index is 13.8. The third kappa shape index (κ3) is 5.67. The van der Waals surface area contributed by atoms with E-state index in [-0.39, 0.29) is 23.2 Å². The predicted molar refractivity (Wildman–Crippen MR) is 116 cm³/mol. The van der Waals surface area contributed by atoms with Gasteiger partial charge in [0.05, 0.1) is 28.4 Å². The van der Waals surface area contributed by atoms with E-state index in [1.54, 1.807) is 13.8 Å². The molecule has 1 aromatic heterocycles. The Morgan fingerprint density at radius 1 is 1.11 bits per heavy atom. The molecule has 0 aliphatic heterocycles. The number of halogens is 5. The van der Waals surface area contributed by atoms with Crippen molar-refractivity contribution in [2.24, 2.45) is 7.05 Å². The predicted octanol–water partition coefficient (Wildman–Crippen LogP) is 5.46. The number of carbonyl (C=O) groups is 2. The molecule has 1 heterocycles. The van der Waals surface area contributed by atoms with Crippen LogP contribution in [-0.4, -0.2) is 26.8 Å². The summed E-state index contributed by atoms with van der Waals surface area (Å²) in [5.41, 5.74) is -0.228. The summed E-state index contributed by atoms with van der Waals surface area (Å²) >= 11 is 0. The lowest BCUT2D eigenvalue weighted by Gasteiger charge is -2.18. The summed E-state index contributed by atoms with van der Waals surface area (Å²) in [5.74, 6) is -1.94. The fraction of sp³-hybridized carbons (Fsp3) is 0.292. The van der Waals surface area contributed by atoms with E-state index in [0.717, 1.165) is 16.8 Å². The standard InChI is InChI=1S/C24H22F5N3O3/c1-12-10-15(23(34)35)6-9-17(12)13(2)30-22(33)19-18(31-32(3)20(19)21(25)26)11-14-4-7-16(8-5-14)24(27,28)29/h4-10,13,21H,11H2,1-3H3,(H,30,33)(H,34,35)/t13-/m0/s1.